The number of hydrogen-bond acceptors (Lipinski definition) is 9. The van der Waals surface area contributed by atoms with Gasteiger partial charge in [0.15, 0.2) is 0 Å². The van der Waals surface area contributed by atoms with E-state index >= 15 is 0 Å². The van der Waals surface area contributed by atoms with Gasteiger partial charge in [0.25, 0.3) is 0 Å². The van der Waals surface area contributed by atoms with Crippen molar-refractivity contribution in [2.24, 2.45) is 11.5 Å². The van der Waals surface area contributed by atoms with Gasteiger partial charge in [-0.3, -0.25) is 28.8 Å². The van der Waals surface area contributed by atoms with Crippen LogP contribution in [-0.2, 0) is 28.8 Å². The van der Waals surface area contributed by atoms with Crippen LogP contribution in [0, 0.1) is 0 Å². The summed E-state index contributed by atoms with van der Waals surface area (Å²) in [6.45, 7) is 3.75. The van der Waals surface area contributed by atoms with Gasteiger partial charge in [-0.2, -0.15) is 0 Å². The summed E-state index contributed by atoms with van der Waals surface area (Å²) in [6.07, 6.45) is -2.62. The molecule has 0 spiro atoms. The number of nitrogens with zero attached hydrogens (tertiary/aromatic N) is 1. The summed E-state index contributed by atoms with van der Waals surface area (Å²) >= 11 is 0. The normalized spacial score (nSPS) is 20.5. The highest BCUT2D eigenvalue weighted by molar-refractivity contribution is 5.96. The Balaban J connectivity index is 2.94. The molecule has 7 atom stereocenters. The molecule has 0 aromatic carbocycles. The van der Waals surface area contributed by atoms with Gasteiger partial charge in [0.2, 0.25) is 29.5 Å². The Morgan fingerprint density at radius 2 is 1.46 bits per heavy atom. The third-order valence-corrected chi connectivity index (χ3v) is 5.43. The van der Waals surface area contributed by atoms with Crippen molar-refractivity contribution in [3.8, 4) is 0 Å². The number of carboxylic acid groups (broad SMARTS) is 1. The largest absolute Gasteiger partial charge is 0.480 e. The monoisotopic (exact) mass is 502 g/mol. The van der Waals surface area contributed by atoms with E-state index < -0.39 is 84.3 Å². The zero-order valence-corrected chi connectivity index (χ0v) is 19.8. The zero-order chi connectivity index (χ0) is 27.0. The fraction of sp³-hybridized carbons (Fsp3) is 0.700. The predicted octanol–water partition coefficient (Wildman–Crippen LogP) is -4.50. The number of aliphatic hydroxyl groups is 2. The van der Waals surface area contributed by atoms with E-state index in [-0.39, 0.29) is 13.0 Å². The van der Waals surface area contributed by atoms with E-state index in [9.17, 15) is 39.0 Å². The van der Waals surface area contributed by atoms with E-state index in [1.165, 1.54) is 25.7 Å². The molecule has 10 N–H and O–H groups in total. The first kappa shape index (κ1) is 29.7. The quantitative estimate of drug-likeness (QED) is 0.127. The van der Waals surface area contributed by atoms with Crippen LogP contribution in [0.1, 0.15) is 40.0 Å². The number of hydrogen-bond donors (Lipinski definition) is 8. The number of amides is 5. The molecule has 1 heterocycles. The average Bonchev–Trinajstić information content (AvgIpc) is 3.23. The summed E-state index contributed by atoms with van der Waals surface area (Å²) in [7, 11) is 0. The van der Waals surface area contributed by atoms with Gasteiger partial charge in [-0.1, -0.05) is 0 Å². The van der Waals surface area contributed by atoms with Crippen molar-refractivity contribution in [3.63, 3.8) is 0 Å². The van der Waals surface area contributed by atoms with E-state index in [0.717, 1.165) is 0 Å². The minimum absolute atomic E-state index is 0.182. The number of carboxylic acids is 1. The summed E-state index contributed by atoms with van der Waals surface area (Å²) < 4.78 is 0. The molecule has 0 aromatic rings. The average molecular weight is 503 g/mol. The van der Waals surface area contributed by atoms with Crippen LogP contribution in [0.15, 0.2) is 0 Å². The summed E-state index contributed by atoms with van der Waals surface area (Å²) in [6, 6.07) is -6.73. The Morgan fingerprint density at radius 1 is 0.943 bits per heavy atom. The van der Waals surface area contributed by atoms with Gasteiger partial charge in [0.05, 0.1) is 24.7 Å². The number of aliphatic hydroxyl groups excluding tert-OH is 2. The van der Waals surface area contributed by atoms with Crippen LogP contribution >= 0.6 is 0 Å². The molecular formula is C20H34N6O9. The first-order valence-corrected chi connectivity index (χ1v) is 11.0. The van der Waals surface area contributed by atoms with Gasteiger partial charge in [-0.05, 0) is 33.6 Å². The van der Waals surface area contributed by atoms with Gasteiger partial charge in [0.1, 0.15) is 24.2 Å². The maximum atomic E-state index is 12.9. The lowest BCUT2D eigenvalue weighted by atomic mass is 10.1. The lowest BCUT2D eigenvalue weighted by Gasteiger charge is -2.30. The summed E-state index contributed by atoms with van der Waals surface area (Å²) in [5.74, 6) is -5.59. The molecule has 1 rings (SSSR count). The van der Waals surface area contributed by atoms with Crippen LogP contribution in [0.25, 0.3) is 0 Å². The number of nitrogens with one attached hydrogen (secondary N) is 3. The number of primary amides is 1. The lowest BCUT2D eigenvalue weighted by Crippen LogP contribution is -2.62. The smallest absolute Gasteiger partial charge is 0.325 e. The number of carbonyl (C=O) groups is 6. The van der Waals surface area contributed by atoms with Crippen molar-refractivity contribution in [2.45, 2.75) is 82.5 Å². The van der Waals surface area contributed by atoms with Crippen molar-refractivity contribution in [1.29, 1.82) is 0 Å². The van der Waals surface area contributed by atoms with Gasteiger partial charge in [0, 0.05) is 6.54 Å². The van der Waals surface area contributed by atoms with Gasteiger partial charge >= 0.3 is 5.97 Å². The number of nitrogens with two attached hydrogens (primary N) is 2. The standard InChI is InChI=1S/C20H34N6O9/c1-8(20(34)35)23-17(31)14(9(2)27)25-18(32)15(10(3)28)24-16(30)12-5-4-6-26(12)19(33)11(21)7-13(22)29/h8-12,14-15,27-28H,4-7,21H2,1-3H3,(H2,22,29)(H,23,31)(H,24,30)(H,25,32)(H,34,35)/t8-,9+,10+,11-,12-,14-,15-/m0/s1. The molecule has 15 heteroatoms. The second-order valence-electron chi connectivity index (χ2n) is 8.49. The first-order chi connectivity index (χ1) is 16.2. The second kappa shape index (κ2) is 13.0. The minimum Gasteiger partial charge on any atom is -0.480 e. The molecule has 0 saturated carbocycles. The van der Waals surface area contributed by atoms with E-state index in [1.807, 2.05) is 0 Å². The highest BCUT2D eigenvalue weighted by Gasteiger charge is 2.39. The third kappa shape index (κ3) is 8.45. The Kier molecular flexibility index (Phi) is 11.0. The molecule has 1 saturated heterocycles. The Morgan fingerprint density at radius 3 is 1.94 bits per heavy atom. The van der Waals surface area contributed by atoms with E-state index in [0.29, 0.717) is 6.42 Å². The fourth-order valence-corrected chi connectivity index (χ4v) is 3.49. The molecule has 198 valence electrons. The van der Waals surface area contributed by atoms with Gasteiger partial charge in [-0.25, -0.2) is 0 Å². The lowest BCUT2D eigenvalue weighted by molar-refractivity contribution is -0.143. The van der Waals surface area contributed by atoms with Crippen molar-refractivity contribution in [1.82, 2.24) is 20.9 Å². The predicted molar refractivity (Wildman–Crippen MR) is 119 cm³/mol. The van der Waals surface area contributed by atoms with E-state index in [1.54, 1.807) is 0 Å². The fourth-order valence-electron chi connectivity index (χ4n) is 3.49. The third-order valence-electron chi connectivity index (χ3n) is 5.43. The van der Waals surface area contributed by atoms with Crippen LogP contribution in [-0.4, -0.2) is 105 Å². The Bertz CT molecular complexity index is 834. The van der Waals surface area contributed by atoms with Crippen LogP contribution in [0.3, 0.4) is 0 Å². The summed E-state index contributed by atoms with van der Waals surface area (Å²) in [5.41, 5.74) is 10.8. The molecular weight excluding hydrogens is 468 g/mol. The van der Waals surface area contributed by atoms with Crippen molar-refractivity contribution < 1.29 is 44.1 Å². The van der Waals surface area contributed by atoms with E-state index in [4.69, 9.17) is 16.6 Å². The Hall–Kier alpha value is -3.30. The van der Waals surface area contributed by atoms with Gasteiger partial charge in [-0.15, -0.1) is 0 Å². The minimum atomic E-state index is -1.58. The van der Waals surface area contributed by atoms with Crippen LogP contribution < -0.4 is 27.4 Å². The molecule has 0 unspecified atom stereocenters. The van der Waals surface area contributed by atoms with Crippen molar-refractivity contribution >= 4 is 35.5 Å². The molecule has 0 aromatic heterocycles. The molecule has 0 radical (unpaired) electrons. The van der Waals surface area contributed by atoms with Gasteiger partial charge < -0.3 is 47.6 Å². The number of rotatable bonds is 12. The molecule has 15 nitrogen and oxygen atoms in total. The first-order valence-electron chi connectivity index (χ1n) is 11.0. The topological polar surface area (TPSA) is 254 Å². The van der Waals surface area contributed by atoms with Crippen LogP contribution in [0.2, 0.25) is 0 Å². The highest BCUT2D eigenvalue weighted by atomic mass is 16.4. The highest BCUT2D eigenvalue weighted by Crippen LogP contribution is 2.19. The Labute approximate surface area is 201 Å². The zero-order valence-electron chi connectivity index (χ0n) is 19.8. The molecule has 35 heavy (non-hydrogen) atoms. The number of likely N-dealkylation sites (tertiary alicyclic amines) is 1. The molecule has 1 aliphatic rings. The number of aliphatic carboxylic acids is 1. The SMILES string of the molecule is C[C@H](NC(=O)[C@@H](NC(=O)[C@@H](NC(=O)[C@@H]1CCCN1C(=O)[C@@H](N)CC(N)=O)[C@@H](C)O)[C@@H](C)O)C(=O)O. The molecule has 1 fully saturated rings. The molecule has 0 bridgehead atoms. The second-order valence-corrected chi connectivity index (χ2v) is 8.49. The maximum Gasteiger partial charge on any atom is 0.325 e. The molecule has 5 amide bonds. The molecule has 0 aliphatic carbocycles. The van der Waals surface area contributed by atoms with Crippen LogP contribution in [0.4, 0.5) is 0 Å². The van der Waals surface area contributed by atoms with Crippen molar-refractivity contribution in [3.05, 3.63) is 0 Å². The molecule has 1 aliphatic heterocycles. The van der Waals surface area contributed by atoms with E-state index in [2.05, 4.69) is 16.0 Å². The van der Waals surface area contributed by atoms with Crippen LogP contribution in [0.5, 0.6) is 0 Å². The number of carbonyl (C=O) groups excluding carboxylic acids is 5. The summed E-state index contributed by atoms with van der Waals surface area (Å²) in [5, 5.41) is 35.5. The van der Waals surface area contributed by atoms with Crippen molar-refractivity contribution in [2.75, 3.05) is 6.54 Å². The maximum absolute atomic E-state index is 12.9. The summed E-state index contributed by atoms with van der Waals surface area (Å²) in [4.78, 5) is 73.7.